The number of hydrogen-bond donors (Lipinski definition) is 2. The van der Waals surface area contributed by atoms with Crippen LogP contribution in [0.3, 0.4) is 0 Å². The van der Waals surface area contributed by atoms with E-state index >= 15 is 0 Å². The Labute approximate surface area is 248 Å². The van der Waals surface area contributed by atoms with Gasteiger partial charge in [0.1, 0.15) is 11.2 Å². The van der Waals surface area contributed by atoms with Gasteiger partial charge in [-0.25, -0.2) is 14.2 Å². The molecule has 42 heavy (non-hydrogen) atoms. The van der Waals surface area contributed by atoms with Gasteiger partial charge in [-0.15, -0.1) is 0 Å². The number of esters is 1. The number of carbonyl (C=O) groups is 1. The number of alkyl halides is 3. The average Bonchev–Trinajstić information content (AvgIpc) is 2.86. The molecule has 226 valence electrons. The normalized spacial score (nSPS) is 11.3. The number of halogens is 5. The van der Waals surface area contributed by atoms with E-state index < -0.39 is 40.7 Å². The zero-order chi connectivity index (χ0) is 32.0. The molecule has 0 saturated heterocycles. The number of anilines is 2. The second-order valence-electron chi connectivity index (χ2n) is 9.30. The highest BCUT2D eigenvalue weighted by molar-refractivity contribution is 6.33. The Morgan fingerprint density at radius 1 is 1.12 bits per heavy atom. The van der Waals surface area contributed by atoms with Gasteiger partial charge in [-0.3, -0.25) is 9.36 Å². The van der Waals surface area contributed by atoms with E-state index in [9.17, 15) is 27.6 Å². The summed E-state index contributed by atoms with van der Waals surface area (Å²) >= 11 is 11.7. The maximum Gasteiger partial charge on any atom is 0.431 e. The number of nitriles is 1. The lowest BCUT2D eigenvalue weighted by atomic mass is 10.1. The van der Waals surface area contributed by atoms with Crippen LogP contribution in [-0.2, 0) is 18.0 Å². The van der Waals surface area contributed by atoms with Crippen LogP contribution in [0.25, 0.3) is 5.69 Å². The summed E-state index contributed by atoms with van der Waals surface area (Å²) in [6.45, 7) is 9.28. The number of benzene rings is 1. The first-order chi connectivity index (χ1) is 19.4. The zero-order valence-corrected chi connectivity index (χ0v) is 24.8. The highest BCUT2D eigenvalue weighted by atomic mass is 35.5. The van der Waals surface area contributed by atoms with Gasteiger partial charge in [0.15, 0.2) is 0 Å². The number of ether oxygens (including phenoxy) is 1. The van der Waals surface area contributed by atoms with Gasteiger partial charge in [-0.1, -0.05) is 11.6 Å². The molecule has 1 aromatic carbocycles. The van der Waals surface area contributed by atoms with Crippen LogP contribution in [0.4, 0.5) is 25.1 Å². The van der Waals surface area contributed by atoms with Crippen molar-refractivity contribution in [3.8, 4) is 11.8 Å². The van der Waals surface area contributed by atoms with Crippen LogP contribution < -0.4 is 21.9 Å². The molecule has 3 rings (SSSR count). The molecule has 0 radical (unpaired) electrons. The molecule has 0 aliphatic rings. The van der Waals surface area contributed by atoms with Crippen LogP contribution >= 0.6 is 23.2 Å². The predicted octanol–water partition coefficient (Wildman–Crippen LogP) is 4.44. The van der Waals surface area contributed by atoms with E-state index in [0.717, 1.165) is 13.1 Å². The number of nitrogens with one attached hydrogen (secondary N) is 2. The highest BCUT2D eigenvalue weighted by Crippen LogP contribution is 2.27. The van der Waals surface area contributed by atoms with Crippen LogP contribution in [0, 0.1) is 11.3 Å². The summed E-state index contributed by atoms with van der Waals surface area (Å²) in [6, 6.07) is 6.00. The number of aromatic nitrogens is 5. The Morgan fingerprint density at radius 2 is 1.74 bits per heavy atom. The van der Waals surface area contributed by atoms with Crippen molar-refractivity contribution in [1.29, 1.82) is 5.26 Å². The first kappa shape index (κ1) is 34.0. The zero-order valence-electron chi connectivity index (χ0n) is 23.3. The Hall–Kier alpha value is -4.16. The molecule has 3 aromatic rings. The number of rotatable bonds is 7. The molecule has 0 saturated carbocycles. The molecule has 0 fully saturated rings. The average molecular weight is 631 g/mol. The fraction of sp³-hybridized carbons (Fsp3) is 0.400. The summed E-state index contributed by atoms with van der Waals surface area (Å²) in [4.78, 5) is 48.3. The maximum atomic E-state index is 12.9. The van der Waals surface area contributed by atoms with Crippen molar-refractivity contribution in [3.63, 3.8) is 0 Å². The highest BCUT2D eigenvalue weighted by Gasteiger charge is 2.35. The Kier molecular flexibility index (Phi) is 11.1. The van der Waals surface area contributed by atoms with E-state index in [1.165, 1.54) is 12.1 Å². The summed E-state index contributed by atoms with van der Waals surface area (Å²) in [5.41, 5.74) is -4.76. The van der Waals surface area contributed by atoms with Gasteiger partial charge in [-0.2, -0.15) is 33.4 Å². The van der Waals surface area contributed by atoms with Crippen molar-refractivity contribution in [3.05, 3.63) is 66.7 Å². The van der Waals surface area contributed by atoms with Crippen molar-refractivity contribution in [1.82, 2.24) is 24.1 Å². The fourth-order valence-corrected chi connectivity index (χ4v) is 3.53. The molecule has 0 amide bonds. The molecule has 0 aliphatic carbocycles. The van der Waals surface area contributed by atoms with Crippen LogP contribution in [0.5, 0.6) is 0 Å². The molecule has 0 unspecified atom stereocenters. The third-order valence-corrected chi connectivity index (χ3v) is 5.53. The van der Waals surface area contributed by atoms with Gasteiger partial charge < -0.3 is 15.4 Å². The van der Waals surface area contributed by atoms with E-state index in [1.807, 2.05) is 6.92 Å². The molecule has 17 heteroatoms. The summed E-state index contributed by atoms with van der Waals surface area (Å²) in [6.07, 6.45) is -5.30. The number of carbonyl (C=O) groups excluding carboxylic acids is 1. The standard InChI is InChI=1S/C16H14ClF3N2O4.C9H13ClN6/c1-8(2)26-14(24)10-6-9(4-5-11(10)17)22-13(23)7-12(16(18,19)20)21(3)15(22)25;1-4-12-7-13-6(10)14-8(15-7)16-9(2,3)5-11/h4-8H,1-3H3;4H2,1-3H3,(H2,12,13,14,15,16). The molecular formula is C25H27Cl2F3N8O4. The Morgan fingerprint density at radius 3 is 2.29 bits per heavy atom. The predicted molar refractivity (Wildman–Crippen MR) is 150 cm³/mol. The minimum absolute atomic E-state index is 0.0104. The third-order valence-electron chi connectivity index (χ3n) is 5.03. The fourth-order valence-electron chi connectivity index (χ4n) is 3.17. The van der Waals surface area contributed by atoms with E-state index in [-0.39, 0.29) is 27.5 Å². The van der Waals surface area contributed by atoms with Gasteiger partial charge >= 0.3 is 17.8 Å². The second kappa shape index (κ2) is 13.7. The third kappa shape index (κ3) is 8.92. The molecule has 12 nitrogen and oxygen atoms in total. The van der Waals surface area contributed by atoms with Crippen molar-refractivity contribution in [2.24, 2.45) is 7.05 Å². The lowest BCUT2D eigenvalue weighted by Crippen LogP contribution is -2.40. The van der Waals surface area contributed by atoms with Gasteiger partial charge in [-0.05, 0) is 64.4 Å². The van der Waals surface area contributed by atoms with E-state index in [1.54, 1.807) is 27.7 Å². The van der Waals surface area contributed by atoms with Gasteiger partial charge in [0, 0.05) is 19.7 Å². The summed E-state index contributed by atoms with van der Waals surface area (Å²) < 4.78 is 44.5. The molecular weight excluding hydrogens is 604 g/mol. The maximum absolute atomic E-state index is 12.9. The van der Waals surface area contributed by atoms with Crippen molar-refractivity contribution in [2.45, 2.75) is 52.4 Å². The lowest BCUT2D eigenvalue weighted by Gasteiger charge is -2.17. The molecule has 0 spiro atoms. The van der Waals surface area contributed by atoms with Crippen LogP contribution in [0.2, 0.25) is 10.3 Å². The minimum atomic E-state index is -4.86. The largest absolute Gasteiger partial charge is 0.459 e. The van der Waals surface area contributed by atoms with Gasteiger partial charge in [0.2, 0.25) is 17.2 Å². The second-order valence-corrected chi connectivity index (χ2v) is 10.0. The van der Waals surface area contributed by atoms with Gasteiger partial charge in [0.05, 0.1) is 28.4 Å². The molecule has 2 N–H and O–H groups in total. The number of nitrogens with zero attached hydrogens (tertiary/aromatic N) is 6. The lowest BCUT2D eigenvalue weighted by molar-refractivity contribution is -0.144. The van der Waals surface area contributed by atoms with Crippen LogP contribution in [0.1, 0.15) is 50.7 Å². The van der Waals surface area contributed by atoms with Crippen molar-refractivity contribution < 1.29 is 22.7 Å². The van der Waals surface area contributed by atoms with E-state index in [4.69, 9.17) is 33.2 Å². The van der Waals surface area contributed by atoms with E-state index in [0.29, 0.717) is 27.7 Å². The molecule has 0 atom stereocenters. The van der Waals surface area contributed by atoms with Crippen molar-refractivity contribution in [2.75, 3.05) is 17.2 Å². The van der Waals surface area contributed by atoms with Gasteiger partial charge in [0.25, 0.3) is 5.56 Å². The molecule has 2 heterocycles. The van der Waals surface area contributed by atoms with Crippen LogP contribution in [-0.4, -0.2) is 48.2 Å². The van der Waals surface area contributed by atoms with Crippen LogP contribution in [0.15, 0.2) is 33.9 Å². The Balaban J connectivity index is 0.000000330. The topological polar surface area (TPSA) is 157 Å². The first-order valence-electron chi connectivity index (χ1n) is 12.2. The van der Waals surface area contributed by atoms with Crippen molar-refractivity contribution >= 4 is 41.1 Å². The summed E-state index contributed by atoms with van der Waals surface area (Å²) in [5.74, 6) is -0.120. The quantitative estimate of drug-likeness (QED) is 0.357. The summed E-state index contributed by atoms with van der Waals surface area (Å²) in [5, 5.41) is 14.7. The summed E-state index contributed by atoms with van der Waals surface area (Å²) in [7, 11) is 0.894. The minimum Gasteiger partial charge on any atom is -0.459 e. The smallest absolute Gasteiger partial charge is 0.431 e. The molecule has 2 aromatic heterocycles. The molecule has 0 bridgehead atoms. The number of hydrogen-bond acceptors (Lipinski definition) is 10. The Bertz CT molecular complexity index is 1620. The van der Waals surface area contributed by atoms with E-state index in [2.05, 4.69) is 31.7 Å². The SMILES string of the molecule is CC(C)OC(=O)c1cc(-n2c(=O)cc(C(F)(F)F)n(C)c2=O)ccc1Cl.CCNc1nc(Cl)nc(NC(C)(C)C#N)n1. The molecule has 0 aliphatic heterocycles. The first-order valence-corrected chi connectivity index (χ1v) is 12.9. The monoisotopic (exact) mass is 630 g/mol.